The summed E-state index contributed by atoms with van der Waals surface area (Å²) in [4.78, 5) is 11.4. The minimum atomic E-state index is -0.729. The lowest BCUT2D eigenvalue weighted by Gasteiger charge is -2.08. The summed E-state index contributed by atoms with van der Waals surface area (Å²) in [6.07, 6.45) is 0. The van der Waals surface area contributed by atoms with Crippen LogP contribution in [0.4, 0.5) is 4.39 Å². The molecule has 0 atom stereocenters. The molecule has 19 heavy (non-hydrogen) atoms. The van der Waals surface area contributed by atoms with Gasteiger partial charge in [0.15, 0.2) is 0 Å². The highest BCUT2D eigenvalue weighted by atomic mass is 35.5. The van der Waals surface area contributed by atoms with E-state index in [0.717, 1.165) is 0 Å². The van der Waals surface area contributed by atoms with Gasteiger partial charge in [0, 0.05) is 15.6 Å². The lowest BCUT2D eigenvalue weighted by Crippen LogP contribution is -2.05. The fourth-order valence-electron chi connectivity index (χ4n) is 1.73. The number of ether oxygens (including phenoxy) is 1. The van der Waals surface area contributed by atoms with E-state index >= 15 is 0 Å². The minimum Gasteiger partial charge on any atom is -0.465 e. The van der Waals surface area contributed by atoms with Crippen molar-refractivity contribution in [3.63, 3.8) is 0 Å². The molecule has 0 aromatic heterocycles. The number of carbonyl (C=O) groups excluding carboxylic acids is 1. The van der Waals surface area contributed by atoms with Gasteiger partial charge in [0.25, 0.3) is 0 Å². The molecule has 0 N–H and O–H groups in total. The Bertz CT molecular complexity index is 621. The zero-order valence-corrected chi connectivity index (χ0v) is 11.4. The average Bonchev–Trinajstić information content (AvgIpc) is 2.37. The van der Waals surface area contributed by atoms with Crippen molar-refractivity contribution < 1.29 is 13.9 Å². The van der Waals surface area contributed by atoms with Crippen LogP contribution in [0.5, 0.6) is 0 Å². The van der Waals surface area contributed by atoms with Crippen LogP contribution in [0, 0.1) is 5.82 Å². The molecule has 5 heteroatoms. The fourth-order valence-corrected chi connectivity index (χ4v) is 2.26. The summed E-state index contributed by atoms with van der Waals surface area (Å²) in [6, 6.07) is 9.18. The van der Waals surface area contributed by atoms with Crippen LogP contribution in [0.3, 0.4) is 0 Å². The van der Waals surface area contributed by atoms with Crippen LogP contribution in [-0.2, 0) is 4.74 Å². The predicted octanol–water partition coefficient (Wildman–Crippen LogP) is 4.59. The molecule has 0 saturated carbocycles. The maximum atomic E-state index is 14.3. The highest BCUT2D eigenvalue weighted by Crippen LogP contribution is 2.30. The number of rotatable bonds is 2. The van der Waals surface area contributed by atoms with E-state index in [-0.39, 0.29) is 11.1 Å². The molecule has 2 rings (SSSR count). The second kappa shape index (κ2) is 5.59. The van der Waals surface area contributed by atoms with Gasteiger partial charge in [-0.25, -0.2) is 9.18 Å². The van der Waals surface area contributed by atoms with Crippen molar-refractivity contribution in [2.45, 2.75) is 0 Å². The van der Waals surface area contributed by atoms with Gasteiger partial charge in [0.1, 0.15) is 5.82 Å². The summed E-state index contributed by atoms with van der Waals surface area (Å²) < 4.78 is 18.8. The number of halogens is 3. The molecule has 0 unspecified atom stereocenters. The third-order valence-electron chi connectivity index (χ3n) is 2.58. The number of carbonyl (C=O) groups is 1. The van der Waals surface area contributed by atoms with E-state index in [2.05, 4.69) is 4.74 Å². The summed E-state index contributed by atoms with van der Waals surface area (Å²) in [6.45, 7) is 0. The maximum absolute atomic E-state index is 14.3. The first-order chi connectivity index (χ1) is 9.02. The van der Waals surface area contributed by atoms with E-state index < -0.39 is 11.8 Å². The normalized spacial score (nSPS) is 10.3. The zero-order valence-electron chi connectivity index (χ0n) is 9.91. The smallest absolute Gasteiger partial charge is 0.340 e. The molecule has 0 aliphatic rings. The Labute approximate surface area is 119 Å². The number of hydrogen-bond donors (Lipinski definition) is 0. The van der Waals surface area contributed by atoms with Crippen LogP contribution in [-0.4, -0.2) is 13.1 Å². The first-order valence-electron chi connectivity index (χ1n) is 5.36. The summed E-state index contributed by atoms with van der Waals surface area (Å²) in [5.74, 6) is -1.39. The van der Waals surface area contributed by atoms with Crippen molar-refractivity contribution in [1.29, 1.82) is 0 Å². The van der Waals surface area contributed by atoms with Crippen molar-refractivity contribution in [2.75, 3.05) is 7.11 Å². The molecule has 0 radical (unpaired) electrons. The Balaban J connectivity index is 2.60. The number of methoxy groups -OCH3 is 1. The number of esters is 1. The standard InChI is InChI=1S/C14H9Cl2FO2/c1-19-14(18)12-4-2-3-11(13(12)17)8-5-9(15)7-10(16)6-8/h2-7H,1H3. The van der Waals surface area contributed by atoms with Gasteiger partial charge < -0.3 is 4.74 Å². The number of hydrogen-bond acceptors (Lipinski definition) is 2. The van der Waals surface area contributed by atoms with E-state index in [4.69, 9.17) is 23.2 Å². The quantitative estimate of drug-likeness (QED) is 0.758. The van der Waals surface area contributed by atoms with Gasteiger partial charge in [-0.15, -0.1) is 0 Å². The predicted molar refractivity (Wildman–Crippen MR) is 73.2 cm³/mol. The van der Waals surface area contributed by atoms with Crippen LogP contribution in [0.15, 0.2) is 36.4 Å². The summed E-state index contributed by atoms with van der Waals surface area (Å²) >= 11 is 11.8. The molecule has 0 fully saturated rings. The van der Waals surface area contributed by atoms with Gasteiger partial charge in [-0.2, -0.15) is 0 Å². The molecule has 0 aliphatic carbocycles. The van der Waals surface area contributed by atoms with E-state index in [9.17, 15) is 9.18 Å². The molecule has 2 nitrogen and oxygen atoms in total. The van der Waals surface area contributed by atoms with Gasteiger partial charge in [-0.1, -0.05) is 35.3 Å². The van der Waals surface area contributed by atoms with Gasteiger partial charge in [-0.05, 0) is 29.8 Å². The van der Waals surface area contributed by atoms with Gasteiger partial charge in [0.2, 0.25) is 0 Å². The summed E-state index contributed by atoms with van der Waals surface area (Å²) in [7, 11) is 1.20. The molecule has 0 aliphatic heterocycles. The monoisotopic (exact) mass is 298 g/mol. The Hall–Kier alpha value is -1.58. The van der Waals surface area contributed by atoms with Crippen LogP contribution in [0.2, 0.25) is 10.0 Å². The van der Waals surface area contributed by atoms with Crippen molar-refractivity contribution in [1.82, 2.24) is 0 Å². The molecule has 2 aromatic carbocycles. The molecule has 2 aromatic rings. The molecule has 0 heterocycles. The molecule has 0 spiro atoms. The summed E-state index contributed by atoms with van der Waals surface area (Å²) in [5, 5.41) is 0.788. The van der Waals surface area contributed by atoms with Crippen molar-refractivity contribution >= 4 is 29.2 Å². The highest BCUT2D eigenvalue weighted by molar-refractivity contribution is 6.35. The Morgan fingerprint density at radius 3 is 2.37 bits per heavy atom. The van der Waals surface area contributed by atoms with E-state index in [1.807, 2.05) is 0 Å². The first-order valence-corrected chi connectivity index (χ1v) is 6.12. The number of benzene rings is 2. The largest absolute Gasteiger partial charge is 0.465 e. The Morgan fingerprint density at radius 1 is 1.16 bits per heavy atom. The second-order valence-corrected chi connectivity index (χ2v) is 4.69. The molecule has 0 saturated heterocycles. The highest BCUT2D eigenvalue weighted by Gasteiger charge is 2.16. The molecule has 0 amide bonds. The average molecular weight is 299 g/mol. The first kappa shape index (κ1) is 13.8. The van der Waals surface area contributed by atoms with E-state index in [1.54, 1.807) is 30.3 Å². The molecule has 0 bridgehead atoms. The van der Waals surface area contributed by atoms with Crippen molar-refractivity contribution in [3.05, 3.63) is 57.8 Å². The van der Waals surface area contributed by atoms with E-state index in [1.165, 1.54) is 13.2 Å². The molecular weight excluding hydrogens is 290 g/mol. The van der Waals surface area contributed by atoms with Gasteiger partial charge in [-0.3, -0.25) is 0 Å². The van der Waals surface area contributed by atoms with Crippen molar-refractivity contribution in [2.24, 2.45) is 0 Å². The lowest BCUT2D eigenvalue weighted by atomic mass is 10.0. The van der Waals surface area contributed by atoms with Gasteiger partial charge in [0.05, 0.1) is 12.7 Å². The van der Waals surface area contributed by atoms with E-state index in [0.29, 0.717) is 15.6 Å². The third-order valence-corrected chi connectivity index (χ3v) is 3.01. The van der Waals surface area contributed by atoms with Crippen LogP contribution in [0.1, 0.15) is 10.4 Å². The molecular formula is C14H9Cl2FO2. The zero-order chi connectivity index (χ0) is 14.0. The van der Waals surface area contributed by atoms with Crippen LogP contribution in [0.25, 0.3) is 11.1 Å². The summed E-state index contributed by atoms with van der Waals surface area (Å²) in [5.41, 5.74) is 0.615. The van der Waals surface area contributed by atoms with Crippen LogP contribution >= 0.6 is 23.2 Å². The SMILES string of the molecule is COC(=O)c1cccc(-c2cc(Cl)cc(Cl)c2)c1F. The topological polar surface area (TPSA) is 26.3 Å². The fraction of sp³-hybridized carbons (Fsp3) is 0.0714. The Kier molecular flexibility index (Phi) is 4.08. The van der Waals surface area contributed by atoms with Gasteiger partial charge >= 0.3 is 5.97 Å². The van der Waals surface area contributed by atoms with Crippen LogP contribution < -0.4 is 0 Å². The third kappa shape index (κ3) is 2.88. The second-order valence-electron chi connectivity index (χ2n) is 3.82. The van der Waals surface area contributed by atoms with Crippen molar-refractivity contribution in [3.8, 4) is 11.1 Å². The molecule has 98 valence electrons. The minimum absolute atomic E-state index is 0.129. The lowest BCUT2D eigenvalue weighted by molar-refractivity contribution is 0.0595. The Morgan fingerprint density at radius 2 is 1.79 bits per heavy atom. The maximum Gasteiger partial charge on any atom is 0.340 e.